The molecule has 1 fully saturated rings. The van der Waals surface area contributed by atoms with Crippen molar-refractivity contribution < 1.29 is 0 Å². The maximum absolute atomic E-state index is 3.52. The first kappa shape index (κ1) is 14.9. The van der Waals surface area contributed by atoms with Gasteiger partial charge in [-0.2, -0.15) is 0 Å². The van der Waals surface area contributed by atoms with Gasteiger partial charge in [0.25, 0.3) is 0 Å². The van der Waals surface area contributed by atoms with Crippen molar-refractivity contribution in [2.75, 3.05) is 39.8 Å². The summed E-state index contributed by atoms with van der Waals surface area (Å²) in [6.45, 7) is 12.8. The van der Waals surface area contributed by atoms with Gasteiger partial charge >= 0.3 is 0 Å². The molecule has 2 atom stereocenters. The van der Waals surface area contributed by atoms with E-state index in [1.807, 2.05) is 0 Å². The molecule has 2 unspecified atom stereocenters. The van der Waals surface area contributed by atoms with Crippen LogP contribution >= 0.6 is 0 Å². The minimum atomic E-state index is 0.739. The van der Waals surface area contributed by atoms with Crippen molar-refractivity contribution in [1.29, 1.82) is 0 Å². The molecule has 3 nitrogen and oxygen atoms in total. The van der Waals surface area contributed by atoms with E-state index < -0.39 is 0 Å². The Kier molecular flexibility index (Phi) is 7.09. The molecular formula is C14H31N3. The normalized spacial score (nSPS) is 25.1. The molecule has 17 heavy (non-hydrogen) atoms. The Balaban J connectivity index is 2.49. The number of rotatable bonds is 7. The van der Waals surface area contributed by atoms with Crippen LogP contribution in [0.3, 0.4) is 0 Å². The van der Waals surface area contributed by atoms with Crippen LogP contribution in [0.2, 0.25) is 0 Å². The fourth-order valence-corrected chi connectivity index (χ4v) is 2.80. The lowest BCUT2D eigenvalue weighted by atomic mass is 10.0. The van der Waals surface area contributed by atoms with Gasteiger partial charge in [-0.1, -0.05) is 27.2 Å². The van der Waals surface area contributed by atoms with E-state index >= 15 is 0 Å². The van der Waals surface area contributed by atoms with E-state index in [4.69, 9.17) is 0 Å². The first-order chi connectivity index (χ1) is 8.22. The zero-order valence-electron chi connectivity index (χ0n) is 12.2. The molecule has 0 amide bonds. The average Bonchev–Trinajstić information content (AvgIpc) is 2.35. The van der Waals surface area contributed by atoms with Gasteiger partial charge in [0.05, 0.1) is 0 Å². The molecule has 1 heterocycles. The maximum atomic E-state index is 3.52. The second-order valence-corrected chi connectivity index (χ2v) is 5.29. The predicted molar refractivity (Wildman–Crippen MR) is 75.5 cm³/mol. The Hall–Kier alpha value is -0.120. The predicted octanol–water partition coefficient (Wildman–Crippen LogP) is 1.79. The molecule has 1 aliphatic rings. The Morgan fingerprint density at radius 3 is 2.59 bits per heavy atom. The standard InChI is InChI=1S/C14H31N3/c1-5-8-14(11-15-7-3)17-10-9-16(4)13(6-2)12-17/h13-15H,5-12H2,1-4H3. The van der Waals surface area contributed by atoms with Crippen LogP contribution in [0.1, 0.15) is 40.0 Å². The van der Waals surface area contributed by atoms with Gasteiger partial charge in [-0.25, -0.2) is 0 Å². The molecule has 1 N–H and O–H groups in total. The molecule has 0 aliphatic carbocycles. The molecule has 0 spiro atoms. The van der Waals surface area contributed by atoms with E-state index in [1.54, 1.807) is 0 Å². The summed E-state index contributed by atoms with van der Waals surface area (Å²) in [6, 6.07) is 1.49. The van der Waals surface area contributed by atoms with Crippen LogP contribution in [-0.4, -0.2) is 61.7 Å². The molecule has 1 aliphatic heterocycles. The van der Waals surface area contributed by atoms with Crippen LogP contribution in [-0.2, 0) is 0 Å². The number of hydrogen-bond donors (Lipinski definition) is 1. The quantitative estimate of drug-likeness (QED) is 0.733. The lowest BCUT2D eigenvalue weighted by molar-refractivity contribution is 0.0590. The molecule has 0 saturated carbocycles. The summed E-state index contributed by atoms with van der Waals surface area (Å²) in [5, 5.41) is 3.52. The van der Waals surface area contributed by atoms with E-state index in [9.17, 15) is 0 Å². The summed E-state index contributed by atoms with van der Waals surface area (Å²) >= 11 is 0. The van der Waals surface area contributed by atoms with Crippen LogP contribution in [0, 0.1) is 0 Å². The van der Waals surface area contributed by atoms with Crippen molar-refractivity contribution in [3.63, 3.8) is 0 Å². The molecule has 0 radical (unpaired) electrons. The van der Waals surface area contributed by atoms with Crippen molar-refractivity contribution in [3.05, 3.63) is 0 Å². The number of likely N-dealkylation sites (N-methyl/N-ethyl adjacent to an activating group) is 2. The smallest absolute Gasteiger partial charge is 0.0221 e. The van der Waals surface area contributed by atoms with Crippen LogP contribution in [0.5, 0.6) is 0 Å². The Morgan fingerprint density at radius 1 is 1.24 bits per heavy atom. The zero-order valence-corrected chi connectivity index (χ0v) is 12.2. The molecule has 0 bridgehead atoms. The van der Waals surface area contributed by atoms with Gasteiger partial charge in [-0.15, -0.1) is 0 Å². The van der Waals surface area contributed by atoms with Gasteiger partial charge in [0, 0.05) is 38.3 Å². The van der Waals surface area contributed by atoms with E-state index in [1.165, 1.54) is 38.9 Å². The molecule has 1 saturated heterocycles. The Bertz CT molecular complexity index is 196. The molecule has 102 valence electrons. The third kappa shape index (κ3) is 4.57. The molecule has 1 rings (SSSR count). The maximum Gasteiger partial charge on any atom is 0.0221 e. The molecular weight excluding hydrogens is 210 g/mol. The van der Waals surface area contributed by atoms with E-state index in [0.29, 0.717) is 0 Å². The van der Waals surface area contributed by atoms with Crippen LogP contribution in [0.15, 0.2) is 0 Å². The van der Waals surface area contributed by atoms with Gasteiger partial charge in [-0.3, -0.25) is 4.90 Å². The first-order valence-corrected chi connectivity index (χ1v) is 7.37. The second kappa shape index (κ2) is 8.06. The van der Waals surface area contributed by atoms with Crippen molar-refractivity contribution in [3.8, 4) is 0 Å². The van der Waals surface area contributed by atoms with Crippen LogP contribution in [0.4, 0.5) is 0 Å². The van der Waals surface area contributed by atoms with Gasteiger partial charge < -0.3 is 10.2 Å². The van der Waals surface area contributed by atoms with Gasteiger partial charge in [-0.05, 0) is 26.4 Å². The molecule has 0 aromatic heterocycles. The highest BCUT2D eigenvalue weighted by Gasteiger charge is 2.27. The molecule has 0 aromatic rings. The second-order valence-electron chi connectivity index (χ2n) is 5.29. The fraction of sp³-hybridized carbons (Fsp3) is 1.00. The third-order valence-electron chi connectivity index (χ3n) is 4.05. The highest BCUT2D eigenvalue weighted by Crippen LogP contribution is 2.15. The van der Waals surface area contributed by atoms with Crippen molar-refractivity contribution in [2.45, 2.75) is 52.1 Å². The zero-order chi connectivity index (χ0) is 12.7. The summed E-state index contributed by atoms with van der Waals surface area (Å²) in [5.74, 6) is 0. The highest BCUT2D eigenvalue weighted by molar-refractivity contribution is 4.84. The van der Waals surface area contributed by atoms with Gasteiger partial charge in [0.1, 0.15) is 0 Å². The van der Waals surface area contributed by atoms with Crippen molar-refractivity contribution >= 4 is 0 Å². The topological polar surface area (TPSA) is 18.5 Å². The SMILES string of the molecule is CCCC(CNCC)N1CCN(C)C(CC)C1. The van der Waals surface area contributed by atoms with Crippen LogP contribution in [0.25, 0.3) is 0 Å². The number of nitrogens with one attached hydrogen (secondary N) is 1. The van der Waals surface area contributed by atoms with E-state index in [0.717, 1.165) is 25.2 Å². The van der Waals surface area contributed by atoms with Crippen molar-refractivity contribution in [2.24, 2.45) is 0 Å². The first-order valence-electron chi connectivity index (χ1n) is 7.37. The average molecular weight is 241 g/mol. The summed E-state index contributed by atoms with van der Waals surface area (Å²) in [5.41, 5.74) is 0. The Labute approximate surface area is 108 Å². The summed E-state index contributed by atoms with van der Waals surface area (Å²) in [6.07, 6.45) is 3.89. The van der Waals surface area contributed by atoms with Gasteiger partial charge in [0.15, 0.2) is 0 Å². The van der Waals surface area contributed by atoms with E-state index in [-0.39, 0.29) is 0 Å². The summed E-state index contributed by atoms with van der Waals surface area (Å²) in [7, 11) is 2.27. The minimum Gasteiger partial charge on any atom is -0.315 e. The Morgan fingerprint density at radius 2 is 2.00 bits per heavy atom. The number of nitrogens with zero attached hydrogens (tertiary/aromatic N) is 2. The summed E-state index contributed by atoms with van der Waals surface area (Å²) in [4.78, 5) is 5.23. The molecule has 0 aromatic carbocycles. The van der Waals surface area contributed by atoms with Crippen molar-refractivity contribution in [1.82, 2.24) is 15.1 Å². The lowest BCUT2D eigenvalue weighted by Gasteiger charge is -2.43. The lowest BCUT2D eigenvalue weighted by Crippen LogP contribution is -2.56. The fourth-order valence-electron chi connectivity index (χ4n) is 2.80. The summed E-state index contributed by atoms with van der Waals surface area (Å²) < 4.78 is 0. The number of piperazine rings is 1. The van der Waals surface area contributed by atoms with E-state index in [2.05, 4.69) is 42.9 Å². The minimum absolute atomic E-state index is 0.739. The molecule has 3 heteroatoms. The van der Waals surface area contributed by atoms with Gasteiger partial charge in [0.2, 0.25) is 0 Å². The largest absolute Gasteiger partial charge is 0.315 e. The number of hydrogen-bond acceptors (Lipinski definition) is 3. The van der Waals surface area contributed by atoms with Crippen LogP contribution < -0.4 is 5.32 Å². The highest BCUT2D eigenvalue weighted by atomic mass is 15.3. The third-order valence-corrected chi connectivity index (χ3v) is 4.05. The monoisotopic (exact) mass is 241 g/mol.